The second kappa shape index (κ2) is 4.97. The third-order valence-corrected chi connectivity index (χ3v) is 3.43. The molecule has 4 heteroatoms. The van der Waals surface area contributed by atoms with Crippen molar-refractivity contribution in [1.29, 1.82) is 0 Å². The van der Waals surface area contributed by atoms with E-state index in [1.165, 1.54) is 5.56 Å². The van der Waals surface area contributed by atoms with E-state index in [2.05, 4.69) is 23.8 Å². The van der Waals surface area contributed by atoms with Gasteiger partial charge in [0.1, 0.15) is 0 Å². The molecule has 0 saturated carbocycles. The highest BCUT2D eigenvalue weighted by Gasteiger charge is 2.29. The Bertz CT molecular complexity index is 331. The summed E-state index contributed by atoms with van der Waals surface area (Å²) in [7, 11) is 5.89. The summed E-state index contributed by atoms with van der Waals surface area (Å²) in [5.74, 6) is 0. The van der Waals surface area contributed by atoms with Crippen molar-refractivity contribution in [3.63, 3.8) is 0 Å². The van der Waals surface area contributed by atoms with E-state index in [1.54, 1.807) is 4.68 Å². The van der Waals surface area contributed by atoms with E-state index in [4.69, 9.17) is 0 Å². The maximum Gasteiger partial charge on any atom is 0.0721 e. The molecule has 0 amide bonds. The van der Waals surface area contributed by atoms with Gasteiger partial charge < -0.3 is 10.0 Å². The molecule has 0 aliphatic rings. The lowest BCUT2D eigenvalue weighted by Gasteiger charge is -2.37. The van der Waals surface area contributed by atoms with Gasteiger partial charge in [-0.3, -0.25) is 4.68 Å². The lowest BCUT2D eigenvalue weighted by molar-refractivity contribution is 0.0127. The van der Waals surface area contributed by atoms with Crippen molar-refractivity contribution in [3.05, 3.63) is 18.0 Å². The van der Waals surface area contributed by atoms with Crippen molar-refractivity contribution in [2.45, 2.75) is 38.3 Å². The normalized spacial score (nSPS) is 14.4. The summed E-state index contributed by atoms with van der Waals surface area (Å²) in [5.41, 5.74) is 0.985. The molecule has 0 aliphatic carbocycles. The lowest BCUT2D eigenvalue weighted by Crippen LogP contribution is -2.48. The van der Waals surface area contributed by atoms with Crippen LogP contribution in [-0.4, -0.2) is 45.5 Å². The number of rotatable bonds is 5. The zero-order chi connectivity index (χ0) is 12.3. The van der Waals surface area contributed by atoms with Gasteiger partial charge in [0.25, 0.3) is 0 Å². The first-order valence-corrected chi connectivity index (χ1v) is 5.67. The van der Waals surface area contributed by atoms with Crippen molar-refractivity contribution in [2.75, 3.05) is 14.1 Å². The summed E-state index contributed by atoms with van der Waals surface area (Å²) in [6, 6.07) is 0. The van der Waals surface area contributed by atoms with Gasteiger partial charge >= 0.3 is 0 Å². The quantitative estimate of drug-likeness (QED) is 0.814. The Morgan fingerprint density at radius 2 is 2.12 bits per heavy atom. The number of hydrogen-bond acceptors (Lipinski definition) is 3. The Kier molecular flexibility index (Phi) is 4.10. The number of aryl methyl sites for hydroxylation is 2. The average molecular weight is 225 g/mol. The van der Waals surface area contributed by atoms with Crippen molar-refractivity contribution in [2.24, 2.45) is 7.05 Å². The van der Waals surface area contributed by atoms with Crippen LogP contribution >= 0.6 is 0 Å². The highest BCUT2D eigenvalue weighted by molar-refractivity contribution is 5.04. The first kappa shape index (κ1) is 13.2. The summed E-state index contributed by atoms with van der Waals surface area (Å²) in [6.07, 6.45) is 5.15. The van der Waals surface area contributed by atoms with Gasteiger partial charge in [-0.15, -0.1) is 0 Å². The van der Waals surface area contributed by atoms with Crippen LogP contribution in [0, 0.1) is 0 Å². The molecule has 4 nitrogen and oxygen atoms in total. The molecule has 1 atom stereocenters. The van der Waals surface area contributed by atoms with Crippen LogP contribution in [0.1, 0.15) is 25.8 Å². The van der Waals surface area contributed by atoms with Crippen LogP contribution in [0.2, 0.25) is 0 Å². The molecule has 0 aromatic carbocycles. The number of hydrogen-bond donors (Lipinski definition) is 1. The van der Waals surface area contributed by atoms with Gasteiger partial charge in [-0.1, -0.05) is 0 Å². The number of nitrogens with zero attached hydrogens (tertiary/aromatic N) is 3. The topological polar surface area (TPSA) is 41.3 Å². The Balaban J connectivity index is 2.49. The molecule has 16 heavy (non-hydrogen) atoms. The number of likely N-dealkylation sites (N-methyl/N-ethyl adjacent to an activating group) is 1. The molecule has 0 bridgehead atoms. The highest BCUT2D eigenvalue weighted by atomic mass is 16.3. The van der Waals surface area contributed by atoms with Gasteiger partial charge in [0.2, 0.25) is 0 Å². The molecular formula is C12H23N3O. The fraction of sp³-hybridized carbons (Fsp3) is 0.750. The van der Waals surface area contributed by atoms with Gasteiger partial charge in [0, 0.05) is 18.8 Å². The van der Waals surface area contributed by atoms with E-state index in [1.807, 2.05) is 33.5 Å². The van der Waals surface area contributed by atoms with Crippen LogP contribution in [0.25, 0.3) is 0 Å². The molecule has 92 valence electrons. The summed E-state index contributed by atoms with van der Waals surface area (Å²) >= 11 is 0. The Hall–Kier alpha value is -0.870. The second-order valence-electron chi connectivity index (χ2n) is 5.12. The van der Waals surface area contributed by atoms with E-state index >= 15 is 0 Å². The predicted octanol–water partition coefficient (Wildman–Crippen LogP) is 1.05. The third kappa shape index (κ3) is 3.06. The van der Waals surface area contributed by atoms with Crippen LogP contribution in [-0.2, 0) is 13.5 Å². The Morgan fingerprint density at radius 3 is 2.56 bits per heavy atom. The molecule has 1 heterocycles. The van der Waals surface area contributed by atoms with E-state index in [9.17, 15) is 5.11 Å². The average Bonchev–Trinajstić information content (AvgIpc) is 2.60. The van der Waals surface area contributed by atoms with Crippen molar-refractivity contribution >= 4 is 0 Å². The zero-order valence-electron chi connectivity index (χ0n) is 10.9. The minimum atomic E-state index is -0.331. The first-order valence-electron chi connectivity index (χ1n) is 5.67. The SMILES string of the molecule is CN(C)C(C)(C)C(O)CCc1cnn(C)c1. The number of aliphatic hydroxyl groups excluding tert-OH is 1. The van der Waals surface area contributed by atoms with E-state index in [0.29, 0.717) is 0 Å². The molecule has 1 aromatic rings. The molecular weight excluding hydrogens is 202 g/mol. The minimum Gasteiger partial charge on any atom is -0.391 e. The maximum absolute atomic E-state index is 10.1. The van der Waals surface area contributed by atoms with Crippen LogP contribution in [0.4, 0.5) is 0 Å². The molecule has 0 fully saturated rings. The smallest absolute Gasteiger partial charge is 0.0721 e. The van der Waals surface area contributed by atoms with Crippen LogP contribution in [0.3, 0.4) is 0 Å². The molecule has 1 unspecified atom stereocenters. The third-order valence-electron chi connectivity index (χ3n) is 3.43. The van der Waals surface area contributed by atoms with E-state index in [-0.39, 0.29) is 11.6 Å². The predicted molar refractivity (Wildman–Crippen MR) is 65.3 cm³/mol. The van der Waals surface area contributed by atoms with Crippen LogP contribution < -0.4 is 0 Å². The van der Waals surface area contributed by atoms with Crippen LogP contribution in [0.15, 0.2) is 12.4 Å². The second-order valence-corrected chi connectivity index (χ2v) is 5.12. The van der Waals surface area contributed by atoms with Gasteiger partial charge in [-0.25, -0.2) is 0 Å². The standard InChI is InChI=1S/C12H23N3O/c1-12(2,14(3)4)11(16)7-6-10-8-13-15(5)9-10/h8-9,11,16H,6-7H2,1-5H3. The molecule has 1 N–H and O–H groups in total. The summed E-state index contributed by atoms with van der Waals surface area (Å²) < 4.78 is 1.79. The first-order chi connectivity index (χ1) is 7.34. The highest BCUT2D eigenvalue weighted by Crippen LogP contribution is 2.19. The molecule has 0 aliphatic heterocycles. The minimum absolute atomic E-state index is 0.192. The maximum atomic E-state index is 10.1. The summed E-state index contributed by atoms with van der Waals surface area (Å²) in [6.45, 7) is 4.11. The van der Waals surface area contributed by atoms with Crippen molar-refractivity contribution in [1.82, 2.24) is 14.7 Å². The van der Waals surface area contributed by atoms with Crippen molar-refractivity contribution < 1.29 is 5.11 Å². The van der Waals surface area contributed by atoms with Gasteiger partial charge in [0.15, 0.2) is 0 Å². The van der Waals surface area contributed by atoms with Crippen LogP contribution in [0.5, 0.6) is 0 Å². The van der Waals surface area contributed by atoms with Gasteiger partial charge in [0.05, 0.1) is 12.3 Å². The molecule has 1 aromatic heterocycles. The number of aliphatic hydroxyl groups is 1. The van der Waals surface area contributed by atoms with Gasteiger partial charge in [-0.2, -0.15) is 5.10 Å². The fourth-order valence-electron chi connectivity index (χ4n) is 1.56. The summed E-state index contributed by atoms with van der Waals surface area (Å²) in [5, 5.41) is 14.3. The van der Waals surface area contributed by atoms with E-state index < -0.39 is 0 Å². The van der Waals surface area contributed by atoms with Crippen molar-refractivity contribution in [3.8, 4) is 0 Å². The Morgan fingerprint density at radius 1 is 1.50 bits per heavy atom. The largest absolute Gasteiger partial charge is 0.391 e. The van der Waals surface area contributed by atoms with E-state index in [0.717, 1.165) is 12.8 Å². The monoisotopic (exact) mass is 225 g/mol. The zero-order valence-corrected chi connectivity index (χ0v) is 10.9. The molecule has 0 saturated heterocycles. The van der Waals surface area contributed by atoms with Gasteiger partial charge in [-0.05, 0) is 46.3 Å². The molecule has 0 radical (unpaired) electrons. The Labute approximate surface area is 97.9 Å². The molecule has 1 rings (SSSR count). The fourth-order valence-corrected chi connectivity index (χ4v) is 1.56. The number of aromatic nitrogens is 2. The lowest BCUT2D eigenvalue weighted by atomic mass is 9.91. The molecule has 0 spiro atoms. The summed E-state index contributed by atoms with van der Waals surface area (Å²) in [4.78, 5) is 2.06.